The third-order valence-electron chi connectivity index (χ3n) is 3.98. The first-order valence-corrected chi connectivity index (χ1v) is 6.66. The lowest BCUT2D eigenvalue weighted by Crippen LogP contribution is -2.32. The van der Waals surface area contributed by atoms with Gasteiger partial charge in [0, 0.05) is 6.42 Å². The highest BCUT2D eigenvalue weighted by molar-refractivity contribution is 5.23. The molecule has 2 aliphatic rings. The Morgan fingerprint density at radius 1 is 1.41 bits per heavy atom. The van der Waals surface area contributed by atoms with Gasteiger partial charge in [0.05, 0.1) is 18.3 Å². The zero-order valence-corrected chi connectivity index (χ0v) is 11.3. The van der Waals surface area contributed by atoms with Crippen LogP contribution < -0.4 is 0 Å². The average Bonchev–Trinajstić information content (AvgIpc) is 2.22. The maximum Gasteiger partial charge on any atom is 0.0874 e. The van der Waals surface area contributed by atoms with Crippen molar-refractivity contribution in [2.45, 2.75) is 64.6 Å². The molecule has 17 heavy (non-hydrogen) atoms. The molecule has 2 atom stereocenters. The summed E-state index contributed by atoms with van der Waals surface area (Å²) in [5, 5.41) is 9.77. The molecule has 0 saturated heterocycles. The van der Waals surface area contributed by atoms with Crippen LogP contribution in [0.15, 0.2) is 22.8 Å². The van der Waals surface area contributed by atoms with Crippen LogP contribution in [0.3, 0.4) is 0 Å². The molecular weight excluding hydrogens is 212 g/mol. The molecule has 0 aromatic heterocycles. The van der Waals surface area contributed by atoms with E-state index in [0.29, 0.717) is 0 Å². The van der Waals surface area contributed by atoms with Gasteiger partial charge in [-0.3, -0.25) is 0 Å². The molecule has 0 aromatic rings. The maximum atomic E-state index is 9.77. The van der Waals surface area contributed by atoms with E-state index in [1.807, 2.05) is 0 Å². The molecule has 1 N–H and O–H groups in total. The van der Waals surface area contributed by atoms with Crippen LogP contribution in [-0.2, 0) is 4.74 Å². The molecule has 2 heteroatoms. The van der Waals surface area contributed by atoms with Gasteiger partial charge >= 0.3 is 0 Å². The van der Waals surface area contributed by atoms with E-state index < -0.39 is 0 Å². The standard InChI is InChI=1S/C15H24O2/c1-11-6-7-17-15(3,9-11)10-13-8-14(16)5-4-12(13)2/h9,14,16H,4-8,10H2,1-3H3. The summed E-state index contributed by atoms with van der Waals surface area (Å²) in [5.41, 5.74) is 4.12. The lowest BCUT2D eigenvalue weighted by molar-refractivity contribution is -0.00425. The highest BCUT2D eigenvalue weighted by Gasteiger charge is 2.29. The minimum Gasteiger partial charge on any atom is -0.393 e. The van der Waals surface area contributed by atoms with Crippen molar-refractivity contribution in [3.63, 3.8) is 0 Å². The predicted octanol–water partition coefficient (Wildman–Crippen LogP) is 3.36. The maximum absolute atomic E-state index is 9.77. The number of allylic oxidation sites excluding steroid dienone is 1. The molecule has 0 saturated carbocycles. The van der Waals surface area contributed by atoms with Crippen LogP contribution in [0.4, 0.5) is 0 Å². The first-order chi connectivity index (χ1) is 7.98. The number of rotatable bonds is 2. The Kier molecular flexibility index (Phi) is 3.74. The molecule has 0 bridgehead atoms. The second kappa shape index (κ2) is 4.95. The summed E-state index contributed by atoms with van der Waals surface area (Å²) in [5.74, 6) is 0. The Bertz CT molecular complexity index is 354. The number of ether oxygens (including phenoxy) is 1. The van der Waals surface area contributed by atoms with E-state index >= 15 is 0 Å². The van der Waals surface area contributed by atoms with Crippen LogP contribution in [0.2, 0.25) is 0 Å². The van der Waals surface area contributed by atoms with Crippen molar-refractivity contribution in [1.29, 1.82) is 0 Å². The van der Waals surface area contributed by atoms with Crippen LogP contribution >= 0.6 is 0 Å². The van der Waals surface area contributed by atoms with Gasteiger partial charge in [-0.15, -0.1) is 0 Å². The van der Waals surface area contributed by atoms with E-state index in [2.05, 4.69) is 26.8 Å². The van der Waals surface area contributed by atoms with Crippen LogP contribution in [0.25, 0.3) is 0 Å². The molecule has 2 nitrogen and oxygen atoms in total. The van der Waals surface area contributed by atoms with Crippen LogP contribution in [0.5, 0.6) is 0 Å². The highest BCUT2D eigenvalue weighted by Crippen LogP contribution is 2.35. The van der Waals surface area contributed by atoms with Crippen molar-refractivity contribution >= 4 is 0 Å². The van der Waals surface area contributed by atoms with Crippen LogP contribution in [-0.4, -0.2) is 23.4 Å². The molecule has 0 radical (unpaired) electrons. The zero-order chi connectivity index (χ0) is 12.5. The normalized spacial score (nSPS) is 34.8. The number of aliphatic hydroxyl groups excluding tert-OH is 1. The van der Waals surface area contributed by atoms with Gasteiger partial charge in [-0.25, -0.2) is 0 Å². The minimum atomic E-state index is -0.157. The molecule has 96 valence electrons. The van der Waals surface area contributed by atoms with E-state index in [4.69, 9.17) is 4.74 Å². The fourth-order valence-corrected chi connectivity index (χ4v) is 2.95. The molecule has 1 aliphatic heterocycles. The summed E-state index contributed by atoms with van der Waals surface area (Å²) in [4.78, 5) is 0. The molecule has 0 amide bonds. The third kappa shape index (κ3) is 3.20. The monoisotopic (exact) mass is 236 g/mol. The van der Waals surface area contributed by atoms with E-state index in [1.54, 1.807) is 0 Å². The van der Waals surface area contributed by atoms with Crippen molar-refractivity contribution in [3.8, 4) is 0 Å². The van der Waals surface area contributed by atoms with Crippen molar-refractivity contribution in [1.82, 2.24) is 0 Å². The average molecular weight is 236 g/mol. The number of hydrogen-bond donors (Lipinski definition) is 1. The van der Waals surface area contributed by atoms with Crippen molar-refractivity contribution in [2.24, 2.45) is 0 Å². The first-order valence-electron chi connectivity index (χ1n) is 6.66. The third-order valence-corrected chi connectivity index (χ3v) is 3.98. The summed E-state index contributed by atoms with van der Waals surface area (Å²) < 4.78 is 5.93. The van der Waals surface area contributed by atoms with Gasteiger partial charge < -0.3 is 9.84 Å². The molecule has 1 heterocycles. The largest absolute Gasteiger partial charge is 0.393 e. The SMILES string of the molecule is CC1=CC(C)(CC2=C(C)CCC(O)C2)OCC1. The fraction of sp³-hybridized carbons (Fsp3) is 0.733. The Labute approximate surface area is 104 Å². The van der Waals surface area contributed by atoms with Gasteiger partial charge in [0.1, 0.15) is 0 Å². The Balaban J connectivity index is 2.12. The lowest BCUT2D eigenvalue weighted by atomic mass is 9.82. The molecule has 2 unspecified atom stereocenters. The lowest BCUT2D eigenvalue weighted by Gasteiger charge is -2.34. The smallest absolute Gasteiger partial charge is 0.0874 e. The molecule has 2 rings (SSSR count). The Morgan fingerprint density at radius 3 is 2.88 bits per heavy atom. The minimum absolute atomic E-state index is 0.147. The quantitative estimate of drug-likeness (QED) is 0.745. The number of hydrogen-bond acceptors (Lipinski definition) is 2. The van der Waals surface area contributed by atoms with Gasteiger partial charge in [-0.2, -0.15) is 0 Å². The van der Waals surface area contributed by atoms with Gasteiger partial charge in [-0.1, -0.05) is 22.8 Å². The fourth-order valence-electron chi connectivity index (χ4n) is 2.95. The van der Waals surface area contributed by atoms with E-state index in [-0.39, 0.29) is 11.7 Å². The Hall–Kier alpha value is -0.600. The second-order valence-corrected chi connectivity index (χ2v) is 5.86. The molecule has 1 aliphatic carbocycles. The van der Waals surface area contributed by atoms with Gasteiger partial charge in [0.25, 0.3) is 0 Å². The van der Waals surface area contributed by atoms with E-state index in [0.717, 1.165) is 38.7 Å². The van der Waals surface area contributed by atoms with Gasteiger partial charge in [-0.05, 0) is 46.5 Å². The highest BCUT2D eigenvalue weighted by atomic mass is 16.5. The molecule has 0 spiro atoms. The molecule has 0 aromatic carbocycles. The van der Waals surface area contributed by atoms with Crippen molar-refractivity contribution < 1.29 is 9.84 Å². The summed E-state index contributed by atoms with van der Waals surface area (Å²) >= 11 is 0. The van der Waals surface area contributed by atoms with Gasteiger partial charge in [0.2, 0.25) is 0 Å². The Morgan fingerprint density at radius 2 is 2.18 bits per heavy atom. The van der Waals surface area contributed by atoms with Crippen molar-refractivity contribution in [2.75, 3.05) is 6.61 Å². The second-order valence-electron chi connectivity index (χ2n) is 5.86. The molecular formula is C15H24O2. The summed E-state index contributed by atoms with van der Waals surface area (Å²) in [6.45, 7) is 7.37. The zero-order valence-electron chi connectivity index (χ0n) is 11.3. The predicted molar refractivity (Wildman–Crippen MR) is 69.9 cm³/mol. The van der Waals surface area contributed by atoms with Crippen LogP contribution in [0.1, 0.15) is 52.9 Å². The molecule has 0 fully saturated rings. The summed E-state index contributed by atoms with van der Waals surface area (Å²) in [6.07, 6.45) is 6.89. The van der Waals surface area contributed by atoms with E-state index in [1.165, 1.54) is 16.7 Å². The first kappa shape index (κ1) is 12.8. The van der Waals surface area contributed by atoms with E-state index in [9.17, 15) is 5.11 Å². The number of aliphatic hydroxyl groups is 1. The van der Waals surface area contributed by atoms with Crippen molar-refractivity contribution in [3.05, 3.63) is 22.8 Å². The van der Waals surface area contributed by atoms with Crippen LogP contribution in [0, 0.1) is 0 Å². The summed E-state index contributed by atoms with van der Waals surface area (Å²) in [6, 6.07) is 0. The van der Waals surface area contributed by atoms with Gasteiger partial charge in [0.15, 0.2) is 0 Å². The summed E-state index contributed by atoms with van der Waals surface area (Å²) in [7, 11) is 0. The topological polar surface area (TPSA) is 29.5 Å².